The van der Waals surface area contributed by atoms with Gasteiger partial charge in [0.2, 0.25) is 0 Å². The Hall–Kier alpha value is -9.44. The maximum atomic E-state index is 13.0. The number of phenolic OH excluding ortho intramolecular Hbond substituents is 9. The van der Waals surface area contributed by atoms with Crippen molar-refractivity contribution >= 4 is 12.2 Å². The summed E-state index contributed by atoms with van der Waals surface area (Å²) >= 11 is 0. The minimum atomic E-state index is -2.00. The molecule has 21 nitrogen and oxygen atoms in total. The van der Waals surface area contributed by atoms with Crippen LogP contribution in [0.15, 0.2) is 132 Å². The normalized spacial score (nSPS) is 28.7. The summed E-state index contributed by atoms with van der Waals surface area (Å²) in [6.45, 7) is 1.53. The molecule has 21 heteroatoms. The fraction of sp³-hybridized carbons (Fsp3) is 0.267. The Morgan fingerprint density at radius 1 is 0.407 bits per heavy atom. The van der Waals surface area contributed by atoms with Crippen molar-refractivity contribution in [2.75, 3.05) is 0 Å². The molecule has 0 amide bonds. The minimum absolute atomic E-state index is 0.0218. The third kappa shape index (κ3) is 8.94. The molecule has 18 N–H and O–H groups in total. The highest BCUT2D eigenvalue weighted by Gasteiger charge is 2.54. The molecule has 0 fully saturated rings. The van der Waals surface area contributed by atoms with Crippen LogP contribution in [0.2, 0.25) is 0 Å². The first-order valence-corrected chi connectivity index (χ1v) is 25.7. The molecule has 3 aliphatic carbocycles. The molecule has 81 heavy (non-hydrogen) atoms. The molecule has 13 atom stereocenters. The Kier molecular flexibility index (Phi) is 13.2. The van der Waals surface area contributed by atoms with Crippen molar-refractivity contribution in [2.24, 2.45) is 23.7 Å². The van der Waals surface area contributed by atoms with E-state index >= 15 is 0 Å². The Balaban J connectivity index is 1.15. The van der Waals surface area contributed by atoms with Crippen LogP contribution in [0, 0.1) is 23.7 Å². The van der Waals surface area contributed by atoms with E-state index in [2.05, 4.69) is 0 Å². The summed E-state index contributed by atoms with van der Waals surface area (Å²) in [4.78, 5) is 0. The van der Waals surface area contributed by atoms with Crippen molar-refractivity contribution in [1.82, 2.24) is 0 Å². The molecular weight excluding hydrogens is 1060 g/mol. The van der Waals surface area contributed by atoms with Gasteiger partial charge in [0.15, 0.2) is 17.3 Å². The monoisotopic (exact) mass is 1110 g/mol. The number of allylic oxidation sites excluding steroid dienone is 6. The van der Waals surface area contributed by atoms with E-state index in [1.54, 1.807) is 18.2 Å². The van der Waals surface area contributed by atoms with Gasteiger partial charge in [-0.25, -0.2) is 0 Å². The summed E-state index contributed by atoms with van der Waals surface area (Å²) in [7, 11) is 0. The first-order valence-electron chi connectivity index (χ1n) is 25.7. The van der Waals surface area contributed by atoms with Crippen LogP contribution in [-0.2, 0) is 0 Å². The minimum Gasteiger partial charge on any atom is -0.508 e. The van der Waals surface area contributed by atoms with Crippen LogP contribution in [0.5, 0.6) is 69.0 Å². The third-order valence-electron chi connectivity index (χ3n) is 16.3. The molecule has 0 bridgehead atoms. The largest absolute Gasteiger partial charge is 0.508 e. The number of fused-ring (bicyclic) bond motifs is 3. The lowest BCUT2D eigenvalue weighted by Crippen LogP contribution is -2.49. The van der Waals surface area contributed by atoms with Crippen LogP contribution in [0.3, 0.4) is 0 Å². The van der Waals surface area contributed by atoms with Gasteiger partial charge < -0.3 is 106 Å². The molecule has 3 aliphatic heterocycles. The number of benzene rings is 5. The summed E-state index contributed by atoms with van der Waals surface area (Å²) in [6, 6.07) is 12.4. The standard InChI is InChI=1S/C60H56O21/c1-22-29(10-13-32(65)52(22)75)58-55(78)50(44-37(70)18-28(62)19-42(44)79-58)46-39(72)21-41(74)48-51(54(77)57(81-60(46)48)26-7-12-31(64)34(67)17-26)47-40(73)20-38(71)45-49(53(76)56(80-59(45)47)25-6-11-30(63)33(66)16-25)43-35(68)14-24(15-36(43)69)3-2-23-4-8-27(61)9-5-23/h2-15,18-22,25-26,29,49-51,53-58,61-78H,16-17H2,1H3/b3-2+/t22?,25?,26?,29?,49-,50+,51-,53+,54+,55+,56+,57+,58+/m0/s1. The Morgan fingerprint density at radius 3 is 1.32 bits per heavy atom. The average Bonchev–Trinajstić information content (AvgIpc) is 3.44. The zero-order chi connectivity index (χ0) is 57.8. The molecule has 11 rings (SSSR count). The van der Waals surface area contributed by atoms with Gasteiger partial charge in [-0.05, 0) is 53.6 Å². The van der Waals surface area contributed by atoms with Crippen molar-refractivity contribution in [2.45, 2.75) is 74.1 Å². The van der Waals surface area contributed by atoms with E-state index in [0.29, 0.717) is 5.56 Å². The van der Waals surface area contributed by atoms with Gasteiger partial charge in [0.25, 0.3) is 0 Å². The fourth-order valence-electron chi connectivity index (χ4n) is 12.4. The lowest BCUT2D eigenvalue weighted by Gasteiger charge is -2.46. The Morgan fingerprint density at radius 2 is 0.827 bits per heavy atom. The second-order valence-electron chi connectivity index (χ2n) is 21.2. The lowest BCUT2D eigenvalue weighted by molar-refractivity contribution is -0.0327. The molecule has 0 aromatic heterocycles. The van der Waals surface area contributed by atoms with Gasteiger partial charge in [-0.2, -0.15) is 0 Å². The van der Waals surface area contributed by atoms with E-state index in [9.17, 15) is 91.9 Å². The van der Waals surface area contributed by atoms with Crippen LogP contribution in [0.1, 0.15) is 82.0 Å². The summed E-state index contributed by atoms with van der Waals surface area (Å²) in [5, 5.41) is 208. The van der Waals surface area contributed by atoms with E-state index in [1.807, 2.05) is 0 Å². The summed E-state index contributed by atoms with van der Waals surface area (Å²) in [5.74, 6) is -19.2. The molecule has 3 heterocycles. The Bertz CT molecular complexity index is 3600. The van der Waals surface area contributed by atoms with Gasteiger partial charge >= 0.3 is 0 Å². The number of aliphatic hydroxyl groups is 9. The number of aliphatic hydroxyl groups excluding tert-OH is 9. The number of rotatable bonds is 8. The van der Waals surface area contributed by atoms with E-state index in [-0.39, 0.29) is 34.6 Å². The zero-order valence-electron chi connectivity index (χ0n) is 42.6. The highest BCUT2D eigenvalue weighted by atomic mass is 16.5. The van der Waals surface area contributed by atoms with Crippen LogP contribution in [-0.4, -0.2) is 129 Å². The van der Waals surface area contributed by atoms with E-state index in [0.717, 1.165) is 36.4 Å². The summed E-state index contributed by atoms with van der Waals surface area (Å²) < 4.78 is 19.7. The average molecular weight is 1110 g/mol. The number of hydrogen-bond acceptors (Lipinski definition) is 21. The first-order chi connectivity index (χ1) is 38.5. The molecule has 5 aromatic carbocycles. The quantitative estimate of drug-likeness (QED) is 0.0656. The molecule has 5 aromatic rings. The molecule has 0 radical (unpaired) electrons. The second-order valence-corrected chi connectivity index (χ2v) is 21.2. The molecule has 0 spiro atoms. The third-order valence-corrected chi connectivity index (χ3v) is 16.3. The van der Waals surface area contributed by atoms with Gasteiger partial charge in [0, 0.05) is 94.2 Å². The van der Waals surface area contributed by atoms with Crippen LogP contribution >= 0.6 is 0 Å². The van der Waals surface area contributed by atoms with Crippen molar-refractivity contribution in [3.05, 3.63) is 176 Å². The van der Waals surface area contributed by atoms with Crippen molar-refractivity contribution in [3.8, 4) is 69.0 Å². The summed E-state index contributed by atoms with van der Waals surface area (Å²) in [6.07, 6.45) is -0.317. The van der Waals surface area contributed by atoms with E-state index in [4.69, 9.17) is 14.2 Å². The van der Waals surface area contributed by atoms with E-state index < -0.39 is 199 Å². The SMILES string of the molecule is CC1C(O)=C(O)C=CC1[C@H]1Oc2cc(O)cc(O)c2[C@H](c2c(O)cc(O)c3c2O[C@H](C2C=CC(O)=C(O)C2)[C@H](O)[C@H]3c2c(O)cc(O)c3c2O[C@H](C2C=CC(O)=C(O)C2)[C@H](O)[C@H]3c2c(O)cc(/C=C/c3ccc(O)cc3)cc2O)[C@H]1O. The van der Waals surface area contributed by atoms with Crippen molar-refractivity contribution in [3.63, 3.8) is 0 Å². The second kappa shape index (κ2) is 20.0. The van der Waals surface area contributed by atoms with Gasteiger partial charge in [0.05, 0.1) is 17.8 Å². The fourth-order valence-corrected chi connectivity index (χ4v) is 12.4. The van der Waals surface area contributed by atoms with Crippen LogP contribution < -0.4 is 14.2 Å². The number of ether oxygens (including phenoxy) is 3. The maximum Gasteiger partial charge on any atom is 0.152 e. The van der Waals surface area contributed by atoms with E-state index in [1.165, 1.54) is 61.6 Å². The van der Waals surface area contributed by atoms with Crippen LogP contribution in [0.25, 0.3) is 12.2 Å². The zero-order valence-corrected chi connectivity index (χ0v) is 42.6. The predicted octanol–water partition coefficient (Wildman–Crippen LogP) is 7.93. The number of hydrogen-bond donors (Lipinski definition) is 18. The predicted molar refractivity (Wildman–Crippen MR) is 286 cm³/mol. The van der Waals surface area contributed by atoms with Gasteiger partial charge in [-0.1, -0.05) is 49.4 Å². The number of phenols is 9. The highest BCUT2D eigenvalue weighted by Crippen LogP contribution is 2.63. The van der Waals surface area contributed by atoms with Crippen LogP contribution in [0.4, 0.5) is 0 Å². The molecule has 0 saturated carbocycles. The van der Waals surface area contributed by atoms with Gasteiger partial charge in [0.1, 0.15) is 123 Å². The molecule has 4 unspecified atom stereocenters. The van der Waals surface area contributed by atoms with Gasteiger partial charge in [-0.3, -0.25) is 0 Å². The van der Waals surface area contributed by atoms with Crippen molar-refractivity contribution < 1.29 is 106 Å². The number of aromatic hydroxyl groups is 9. The molecular formula is C60H56O21. The van der Waals surface area contributed by atoms with Crippen molar-refractivity contribution in [1.29, 1.82) is 0 Å². The Labute approximate surface area is 459 Å². The van der Waals surface area contributed by atoms with Gasteiger partial charge in [-0.15, -0.1) is 0 Å². The maximum absolute atomic E-state index is 13.0. The molecule has 0 saturated heterocycles. The topological polar surface area (TPSA) is 392 Å². The lowest BCUT2D eigenvalue weighted by atomic mass is 9.70. The smallest absolute Gasteiger partial charge is 0.152 e. The summed E-state index contributed by atoms with van der Waals surface area (Å²) in [5.41, 5.74) is -1.43. The first kappa shape index (κ1) is 53.6. The molecule has 6 aliphatic rings. The highest BCUT2D eigenvalue weighted by molar-refractivity contribution is 5.75. The molecule has 422 valence electrons.